The fourth-order valence-electron chi connectivity index (χ4n) is 2.10. The summed E-state index contributed by atoms with van der Waals surface area (Å²) in [6, 6.07) is 4.54. The zero-order valence-corrected chi connectivity index (χ0v) is 13.7. The Balaban J connectivity index is 2.50. The van der Waals surface area contributed by atoms with Gasteiger partial charge < -0.3 is 10.5 Å². The largest absolute Gasteiger partial charge is 0.495 e. The number of hydrogen-bond donors (Lipinski definition) is 2. The summed E-state index contributed by atoms with van der Waals surface area (Å²) in [6.45, 7) is 2.62. The number of rotatable bonds is 10. The summed E-state index contributed by atoms with van der Waals surface area (Å²) in [5.74, 6) is 0.269. The molecule has 0 heterocycles. The third-order valence-corrected chi connectivity index (χ3v) is 4.80. The van der Waals surface area contributed by atoms with Gasteiger partial charge in [0.05, 0.1) is 7.11 Å². The fourth-order valence-corrected chi connectivity index (χ4v) is 3.32. The van der Waals surface area contributed by atoms with Gasteiger partial charge in [0.2, 0.25) is 10.0 Å². The van der Waals surface area contributed by atoms with Gasteiger partial charge in [0, 0.05) is 18.3 Å². The molecular formula is C15H26N2O3S. The van der Waals surface area contributed by atoms with E-state index in [2.05, 4.69) is 11.6 Å². The fraction of sp³-hybridized carbons (Fsp3) is 0.600. The van der Waals surface area contributed by atoms with Gasteiger partial charge in [0.1, 0.15) is 10.6 Å². The Morgan fingerprint density at radius 1 is 1.14 bits per heavy atom. The van der Waals surface area contributed by atoms with E-state index in [4.69, 9.17) is 10.5 Å². The van der Waals surface area contributed by atoms with Crippen LogP contribution in [0.4, 0.5) is 5.69 Å². The first-order valence-electron chi connectivity index (χ1n) is 7.44. The Labute approximate surface area is 127 Å². The lowest BCUT2D eigenvalue weighted by molar-refractivity contribution is 0.402. The van der Waals surface area contributed by atoms with Gasteiger partial charge in [0.25, 0.3) is 0 Å². The van der Waals surface area contributed by atoms with E-state index in [1.54, 1.807) is 6.07 Å². The highest BCUT2D eigenvalue weighted by Gasteiger charge is 2.18. The van der Waals surface area contributed by atoms with E-state index in [9.17, 15) is 8.42 Å². The van der Waals surface area contributed by atoms with Gasteiger partial charge in [-0.05, 0) is 18.6 Å². The highest BCUT2D eigenvalue weighted by atomic mass is 32.2. The van der Waals surface area contributed by atoms with Crippen LogP contribution in [-0.2, 0) is 10.0 Å². The van der Waals surface area contributed by atoms with E-state index < -0.39 is 10.0 Å². The molecule has 1 aromatic rings. The maximum absolute atomic E-state index is 12.2. The molecule has 1 aromatic carbocycles. The first-order chi connectivity index (χ1) is 10.0. The lowest BCUT2D eigenvalue weighted by atomic mass is 10.1. The van der Waals surface area contributed by atoms with Crippen molar-refractivity contribution >= 4 is 15.7 Å². The van der Waals surface area contributed by atoms with Gasteiger partial charge in [-0.2, -0.15) is 0 Å². The van der Waals surface area contributed by atoms with Crippen LogP contribution in [0.1, 0.15) is 45.4 Å². The highest BCUT2D eigenvalue weighted by molar-refractivity contribution is 7.89. The summed E-state index contributed by atoms with van der Waals surface area (Å²) < 4.78 is 32.1. The number of nitrogen functional groups attached to an aromatic ring is 1. The number of nitrogens with two attached hydrogens (primary N) is 1. The molecule has 1 rings (SSSR count). The van der Waals surface area contributed by atoms with Crippen molar-refractivity contribution in [3.63, 3.8) is 0 Å². The van der Waals surface area contributed by atoms with Gasteiger partial charge in [-0.1, -0.05) is 39.0 Å². The van der Waals surface area contributed by atoms with Gasteiger partial charge in [-0.25, -0.2) is 13.1 Å². The Hall–Kier alpha value is -1.27. The third kappa shape index (κ3) is 5.93. The predicted molar refractivity (Wildman–Crippen MR) is 86.0 cm³/mol. The minimum atomic E-state index is -3.55. The van der Waals surface area contributed by atoms with Gasteiger partial charge >= 0.3 is 0 Å². The lowest BCUT2D eigenvalue weighted by Crippen LogP contribution is -2.25. The number of unbranched alkanes of at least 4 members (excludes halogenated alkanes) is 5. The topological polar surface area (TPSA) is 81.4 Å². The van der Waals surface area contributed by atoms with Crippen LogP contribution in [0, 0.1) is 0 Å². The number of ether oxygens (including phenoxy) is 1. The minimum Gasteiger partial charge on any atom is -0.495 e. The van der Waals surface area contributed by atoms with Crippen LogP contribution in [0.3, 0.4) is 0 Å². The number of methoxy groups -OCH3 is 1. The third-order valence-electron chi connectivity index (χ3n) is 3.30. The average molecular weight is 314 g/mol. The van der Waals surface area contributed by atoms with Gasteiger partial charge in [-0.3, -0.25) is 0 Å². The standard InChI is InChI=1S/C15H26N2O3S/c1-3-4-5-6-7-8-11-17-21(18,19)15-10-9-13(16)12-14(15)20-2/h9-10,12,17H,3-8,11,16H2,1-2H3. The molecular weight excluding hydrogens is 288 g/mol. The molecule has 0 saturated carbocycles. The second-order valence-corrected chi connectivity index (χ2v) is 6.81. The molecule has 0 spiro atoms. The molecule has 5 nitrogen and oxygen atoms in total. The summed E-state index contributed by atoms with van der Waals surface area (Å²) in [7, 11) is -2.12. The number of nitrogens with one attached hydrogen (secondary N) is 1. The number of anilines is 1. The molecule has 6 heteroatoms. The van der Waals surface area contributed by atoms with Crippen LogP contribution in [0.2, 0.25) is 0 Å². The number of sulfonamides is 1. The molecule has 0 saturated heterocycles. The van der Waals surface area contributed by atoms with Gasteiger partial charge in [0.15, 0.2) is 0 Å². The molecule has 0 aliphatic carbocycles. The van der Waals surface area contributed by atoms with Crippen LogP contribution in [0.15, 0.2) is 23.1 Å². The maximum atomic E-state index is 12.2. The normalized spacial score (nSPS) is 11.5. The van der Waals surface area contributed by atoms with Crippen LogP contribution in [0.5, 0.6) is 5.75 Å². The molecule has 0 fully saturated rings. The predicted octanol–water partition coefficient (Wildman–Crippen LogP) is 2.92. The van der Waals surface area contributed by atoms with Crippen molar-refractivity contribution in [1.82, 2.24) is 4.72 Å². The summed E-state index contributed by atoms with van der Waals surface area (Å²) in [5.41, 5.74) is 6.10. The molecule has 0 atom stereocenters. The molecule has 0 aliphatic rings. The average Bonchev–Trinajstić information content (AvgIpc) is 2.45. The Kier molecular flexibility index (Phi) is 7.53. The van der Waals surface area contributed by atoms with Crippen LogP contribution in [0.25, 0.3) is 0 Å². The zero-order chi connectivity index (χ0) is 15.7. The van der Waals surface area contributed by atoms with Gasteiger partial charge in [-0.15, -0.1) is 0 Å². The molecule has 120 valence electrons. The SMILES string of the molecule is CCCCCCCCNS(=O)(=O)c1ccc(N)cc1OC. The summed E-state index contributed by atoms with van der Waals surface area (Å²) in [5, 5.41) is 0. The second kappa shape index (κ2) is 8.89. The van der Waals surface area contributed by atoms with E-state index in [-0.39, 0.29) is 10.6 Å². The Morgan fingerprint density at radius 2 is 1.81 bits per heavy atom. The monoisotopic (exact) mass is 314 g/mol. The second-order valence-electron chi connectivity index (χ2n) is 5.08. The van der Waals surface area contributed by atoms with Crippen molar-refractivity contribution in [3.05, 3.63) is 18.2 Å². The first-order valence-corrected chi connectivity index (χ1v) is 8.92. The molecule has 0 amide bonds. The van der Waals surface area contributed by atoms with E-state index >= 15 is 0 Å². The van der Waals surface area contributed by atoms with Crippen LogP contribution < -0.4 is 15.2 Å². The van der Waals surface area contributed by atoms with E-state index in [0.29, 0.717) is 12.2 Å². The molecule has 21 heavy (non-hydrogen) atoms. The van der Waals surface area contributed by atoms with E-state index in [0.717, 1.165) is 19.3 Å². The van der Waals surface area contributed by atoms with Crippen molar-refractivity contribution in [2.24, 2.45) is 0 Å². The van der Waals surface area contributed by atoms with E-state index in [1.165, 1.54) is 38.5 Å². The Morgan fingerprint density at radius 3 is 2.48 bits per heavy atom. The van der Waals surface area contributed by atoms with Crippen molar-refractivity contribution in [2.45, 2.75) is 50.3 Å². The summed E-state index contributed by atoms with van der Waals surface area (Å²) in [4.78, 5) is 0.130. The zero-order valence-electron chi connectivity index (χ0n) is 12.9. The van der Waals surface area contributed by atoms with E-state index in [1.807, 2.05) is 0 Å². The quantitative estimate of drug-likeness (QED) is 0.514. The molecule has 0 aliphatic heterocycles. The maximum Gasteiger partial charge on any atom is 0.244 e. The molecule has 0 radical (unpaired) electrons. The number of benzene rings is 1. The minimum absolute atomic E-state index is 0.130. The van der Waals surface area contributed by atoms with Crippen molar-refractivity contribution in [1.29, 1.82) is 0 Å². The highest BCUT2D eigenvalue weighted by Crippen LogP contribution is 2.25. The molecule has 0 bridgehead atoms. The smallest absolute Gasteiger partial charge is 0.244 e. The molecule has 0 unspecified atom stereocenters. The summed E-state index contributed by atoms with van der Waals surface area (Å²) in [6.07, 6.45) is 6.72. The van der Waals surface area contributed by atoms with Crippen molar-refractivity contribution in [2.75, 3.05) is 19.4 Å². The van der Waals surface area contributed by atoms with Crippen molar-refractivity contribution < 1.29 is 13.2 Å². The first kappa shape index (κ1) is 17.8. The van der Waals surface area contributed by atoms with Crippen LogP contribution in [-0.4, -0.2) is 22.1 Å². The van der Waals surface area contributed by atoms with Crippen molar-refractivity contribution in [3.8, 4) is 5.75 Å². The summed E-state index contributed by atoms with van der Waals surface area (Å²) >= 11 is 0. The lowest BCUT2D eigenvalue weighted by Gasteiger charge is -2.11. The van der Waals surface area contributed by atoms with Crippen LogP contribution >= 0.6 is 0 Å². The number of hydrogen-bond acceptors (Lipinski definition) is 4. The molecule has 3 N–H and O–H groups in total. The Bertz CT molecular complexity index is 530. The molecule has 0 aromatic heterocycles.